The Bertz CT molecular complexity index is 1640. The van der Waals surface area contributed by atoms with Gasteiger partial charge in [-0.2, -0.15) is 9.40 Å². The van der Waals surface area contributed by atoms with Gasteiger partial charge in [-0.25, -0.2) is 17.2 Å². The normalized spacial score (nSPS) is 19.7. The van der Waals surface area contributed by atoms with Gasteiger partial charge in [-0.05, 0) is 77.2 Å². The SMILES string of the molecule is CN1CCN(c2ccc(C(=O)Cc3[nH]nc4c3CN(S(=O)(=O)c3cc(F)cc(F)c3)C4(C)C)c(NC3CCNCC3)c2)CC1. The Morgan fingerprint density at radius 3 is 2.41 bits per heavy atom. The third-order valence-electron chi connectivity index (χ3n) is 9.09. The van der Waals surface area contributed by atoms with Crippen molar-refractivity contribution in [3.05, 3.63) is 70.5 Å². The summed E-state index contributed by atoms with van der Waals surface area (Å²) < 4.78 is 56.2. The number of anilines is 2. The molecule has 0 saturated carbocycles. The molecular formula is C31H39F2N7O3S. The number of sulfonamides is 1. The summed E-state index contributed by atoms with van der Waals surface area (Å²) >= 11 is 0. The summed E-state index contributed by atoms with van der Waals surface area (Å²) in [5, 5.41) is 14.4. The molecule has 6 rings (SSSR count). The Balaban J connectivity index is 1.27. The number of Topliss-reactive ketones (excluding diaryl/α,β-unsaturated/α-hetero) is 1. The van der Waals surface area contributed by atoms with Crippen molar-refractivity contribution < 1.29 is 22.0 Å². The molecule has 3 aliphatic heterocycles. The smallest absolute Gasteiger partial charge is 0.244 e. The van der Waals surface area contributed by atoms with Crippen LogP contribution in [0.15, 0.2) is 41.3 Å². The molecule has 3 aliphatic rings. The Hall–Kier alpha value is -3.39. The van der Waals surface area contributed by atoms with Gasteiger partial charge in [0, 0.05) is 73.0 Å². The van der Waals surface area contributed by atoms with Crippen LogP contribution in [-0.4, -0.2) is 86.0 Å². The Labute approximate surface area is 256 Å². The molecule has 44 heavy (non-hydrogen) atoms. The third-order valence-corrected chi connectivity index (χ3v) is 11.1. The molecule has 0 radical (unpaired) electrons. The average Bonchev–Trinajstić information content (AvgIpc) is 3.51. The summed E-state index contributed by atoms with van der Waals surface area (Å²) in [6, 6.07) is 8.46. The summed E-state index contributed by atoms with van der Waals surface area (Å²) in [4.78, 5) is 18.1. The molecular weight excluding hydrogens is 588 g/mol. The number of nitrogens with zero attached hydrogens (tertiary/aromatic N) is 4. The fraction of sp³-hybridized carbons (Fsp3) is 0.484. The van der Waals surface area contributed by atoms with E-state index in [2.05, 4.69) is 43.7 Å². The number of hydrogen-bond donors (Lipinski definition) is 3. The maximum atomic E-state index is 13.9. The number of likely N-dealkylation sites (N-methyl/N-ethyl adjacent to an activating group) is 1. The van der Waals surface area contributed by atoms with E-state index in [0.29, 0.717) is 28.6 Å². The van der Waals surface area contributed by atoms with Crippen LogP contribution in [0.4, 0.5) is 20.2 Å². The van der Waals surface area contributed by atoms with Crippen molar-refractivity contribution in [2.75, 3.05) is 56.5 Å². The third kappa shape index (κ3) is 5.85. The number of carbonyl (C=O) groups excluding carboxylic acids is 1. The maximum absolute atomic E-state index is 13.9. The van der Waals surface area contributed by atoms with Gasteiger partial charge in [-0.15, -0.1) is 0 Å². The Morgan fingerprint density at radius 2 is 1.73 bits per heavy atom. The predicted molar refractivity (Wildman–Crippen MR) is 164 cm³/mol. The number of piperidine rings is 1. The Morgan fingerprint density at radius 1 is 1.05 bits per heavy atom. The molecule has 0 bridgehead atoms. The summed E-state index contributed by atoms with van der Waals surface area (Å²) in [5.41, 5.74) is 2.95. The van der Waals surface area contributed by atoms with Crippen molar-refractivity contribution in [3.8, 4) is 0 Å². The number of fused-ring (bicyclic) bond motifs is 1. The monoisotopic (exact) mass is 627 g/mol. The first-order valence-corrected chi connectivity index (χ1v) is 16.5. The molecule has 2 fully saturated rings. The van der Waals surface area contributed by atoms with E-state index in [9.17, 15) is 22.0 Å². The molecule has 0 amide bonds. The van der Waals surface area contributed by atoms with Crippen molar-refractivity contribution in [3.63, 3.8) is 0 Å². The molecule has 3 aromatic rings. The van der Waals surface area contributed by atoms with E-state index in [-0.39, 0.29) is 24.8 Å². The first kappa shape index (κ1) is 30.6. The number of aromatic amines is 1. The molecule has 4 heterocycles. The number of hydrogen-bond acceptors (Lipinski definition) is 8. The van der Waals surface area contributed by atoms with E-state index in [4.69, 9.17) is 0 Å². The zero-order valence-corrected chi connectivity index (χ0v) is 26.1. The highest BCUT2D eigenvalue weighted by Gasteiger charge is 2.48. The Kier molecular flexibility index (Phi) is 8.24. The second-order valence-corrected chi connectivity index (χ2v) is 14.4. The summed E-state index contributed by atoms with van der Waals surface area (Å²) in [6.45, 7) is 8.90. The topological polar surface area (TPSA) is 114 Å². The number of aromatic nitrogens is 2. The molecule has 2 aromatic carbocycles. The summed E-state index contributed by atoms with van der Waals surface area (Å²) in [6.07, 6.45) is 1.90. The lowest BCUT2D eigenvalue weighted by Crippen LogP contribution is -2.44. The van der Waals surface area contributed by atoms with E-state index >= 15 is 0 Å². The number of halogens is 2. The van der Waals surface area contributed by atoms with Gasteiger partial charge >= 0.3 is 0 Å². The van der Waals surface area contributed by atoms with Gasteiger partial charge in [0.2, 0.25) is 10.0 Å². The van der Waals surface area contributed by atoms with Crippen molar-refractivity contribution in [1.29, 1.82) is 0 Å². The summed E-state index contributed by atoms with van der Waals surface area (Å²) in [7, 11) is -2.16. The second-order valence-electron chi connectivity index (χ2n) is 12.5. The molecule has 0 aliphatic carbocycles. The molecule has 0 atom stereocenters. The minimum Gasteiger partial charge on any atom is -0.382 e. The first-order valence-electron chi connectivity index (χ1n) is 15.1. The van der Waals surface area contributed by atoms with Crippen molar-refractivity contribution in [2.45, 2.75) is 56.1 Å². The molecule has 1 aromatic heterocycles. The number of H-pyrrole nitrogens is 1. The molecule has 10 nitrogen and oxygen atoms in total. The van der Waals surface area contributed by atoms with Crippen LogP contribution in [0.1, 0.15) is 54.0 Å². The molecule has 0 unspecified atom stereocenters. The number of rotatable bonds is 8. The van der Waals surface area contributed by atoms with Crippen LogP contribution in [0.25, 0.3) is 0 Å². The van der Waals surface area contributed by atoms with Gasteiger partial charge < -0.3 is 20.4 Å². The number of ketones is 1. The highest BCUT2D eigenvalue weighted by Crippen LogP contribution is 2.43. The lowest BCUT2D eigenvalue weighted by atomic mass is 9.98. The van der Waals surface area contributed by atoms with E-state index in [1.807, 2.05) is 12.1 Å². The van der Waals surface area contributed by atoms with E-state index in [1.165, 1.54) is 4.31 Å². The zero-order chi connectivity index (χ0) is 31.2. The first-order chi connectivity index (χ1) is 20.9. The minimum absolute atomic E-state index is 0.00431. The second kappa shape index (κ2) is 11.8. The van der Waals surface area contributed by atoms with Crippen LogP contribution in [0.5, 0.6) is 0 Å². The lowest BCUT2D eigenvalue weighted by Gasteiger charge is -2.34. The lowest BCUT2D eigenvalue weighted by molar-refractivity contribution is 0.0992. The molecule has 2 saturated heterocycles. The molecule has 0 spiro atoms. The van der Waals surface area contributed by atoms with Gasteiger partial charge in [-0.1, -0.05) is 0 Å². The van der Waals surface area contributed by atoms with Gasteiger partial charge in [-0.3, -0.25) is 9.89 Å². The standard InChI is InChI=1S/C31H39F2N7O3S/c1-31(2)30-26(19-40(31)44(42,43)24-15-20(32)14-21(33)16-24)28(36-37-30)18-29(41)25-5-4-23(39-12-10-38(3)11-13-39)17-27(25)35-22-6-8-34-9-7-22/h4-5,14-17,22,34-35H,6-13,18-19H2,1-3H3,(H,36,37). The zero-order valence-electron chi connectivity index (χ0n) is 25.3. The molecule has 13 heteroatoms. The van der Waals surface area contributed by atoms with Gasteiger partial charge in [0.1, 0.15) is 11.6 Å². The van der Waals surface area contributed by atoms with Crippen LogP contribution in [0.3, 0.4) is 0 Å². The fourth-order valence-corrected chi connectivity index (χ4v) is 8.24. The quantitative estimate of drug-likeness (QED) is 0.326. The number of carbonyl (C=O) groups is 1. The van der Waals surface area contributed by atoms with E-state index < -0.39 is 32.1 Å². The predicted octanol–water partition coefficient (Wildman–Crippen LogP) is 3.47. The largest absolute Gasteiger partial charge is 0.382 e. The van der Waals surface area contributed by atoms with Crippen molar-refractivity contribution in [1.82, 2.24) is 24.7 Å². The average molecular weight is 628 g/mol. The maximum Gasteiger partial charge on any atom is 0.244 e. The van der Waals surface area contributed by atoms with E-state index in [0.717, 1.165) is 75.6 Å². The van der Waals surface area contributed by atoms with Gasteiger partial charge in [0.25, 0.3) is 0 Å². The van der Waals surface area contributed by atoms with Gasteiger partial charge in [0.15, 0.2) is 5.78 Å². The van der Waals surface area contributed by atoms with Crippen LogP contribution in [0.2, 0.25) is 0 Å². The number of piperazine rings is 1. The summed E-state index contributed by atoms with van der Waals surface area (Å²) in [5.74, 6) is -2.07. The van der Waals surface area contributed by atoms with Crippen molar-refractivity contribution in [2.24, 2.45) is 0 Å². The highest BCUT2D eigenvalue weighted by atomic mass is 32.2. The number of benzene rings is 2. The van der Waals surface area contributed by atoms with Crippen LogP contribution in [-0.2, 0) is 28.5 Å². The molecule has 3 N–H and O–H groups in total. The van der Waals surface area contributed by atoms with Gasteiger partial charge in [0.05, 0.1) is 22.5 Å². The number of nitrogens with one attached hydrogen (secondary N) is 3. The van der Waals surface area contributed by atoms with Crippen LogP contribution in [0, 0.1) is 11.6 Å². The van der Waals surface area contributed by atoms with Crippen molar-refractivity contribution >= 4 is 27.2 Å². The fourth-order valence-electron chi connectivity index (χ4n) is 6.47. The highest BCUT2D eigenvalue weighted by molar-refractivity contribution is 7.89. The van der Waals surface area contributed by atoms with E-state index in [1.54, 1.807) is 13.8 Å². The van der Waals surface area contributed by atoms with Crippen LogP contribution >= 0.6 is 0 Å². The molecule has 236 valence electrons. The minimum atomic E-state index is -4.28. The van der Waals surface area contributed by atoms with Crippen LogP contribution < -0.4 is 15.5 Å².